The minimum atomic E-state index is -0.799. The van der Waals surface area contributed by atoms with Crippen molar-refractivity contribution in [2.75, 3.05) is 0 Å². The van der Waals surface area contributed by atoms with Gasteiger partial charge >= 0.3 is 5.97 Å². The van der Waals surface area contributed by atoms with E-state index >= 15 is 0 Å². The smallest absolute Gasteiger partial charge is 0.303 e. The molecule has 1 aliphatic carbocycles. The van der Waals surface area contributed by atoms with Crippen molar-refractivity contribution in [2.45, 2.75) is 51.1 Å². The highest BCUT2D eigenvalue weighted by Gasteiger charge is 2.32. The largest absolute Gasteiger partial charge is 0.481 e. The van der Waals surface area contributed by atoms with Crippen molar-refractivity contribution in [1.82, 2.24) is 9.88 Å². The predicted octanol–water partition coefficient (Wildman–Crippen LogP) is 2.22. The number of rotatable bonds is 8. The third-order valence-corrected chi connectivity index (χ3v) is 3.41. The summed E-state index contributed by atoms with van der Waals surface area (Å²) in [5.41, 5.74) is 1.04. The summed E-state index contributed by atoms with van der Waals surface area (Å²) in [7, 11) is 0. The highest BCUT2D eigenvalue weighted by molar-refractivity contribution is 5.77. The lowest BCUT2D eigenvalue weighted by Gasteiger charge is -2.22. The molecule has 1 amide bonds. The normalized spacial score (nSPS) is 14.0. The molecule has 0 saturated heterocycles. The summed E-state index contributed by atoms with van der Waals surface area (Å²) in [6.07, 6.45) is 7.42. The van der Waals surface area contributed by atoms with Gasteiger partial charge < -0.3 is 10.0 Å². The third kappa shape index (κ3) is 4.64. The fraction of sp³-hybridized carbons (Fsp3) is 0.533. The van der Waals surface area contributed by atoms with Crippen LogP contribution in [-0.4, -0.2) is 32.9 Å². The molecule has 20 heavy (non-hydrogen) atoms. The van der Waals surface area contributed by atoms with Crippen LogP contribution in [0.15, 0.2) is 24.5 Å². The fourth-order valence-electron chi connectivity index (χ4n) is 2.19. The Balaban J connectivity index is 1.82. The van der Waals surface area contributed by atoms with Crippen LogP contribution in [-0.2, 0) is 16.1 Å². The number of pyridine rings is 1. The van der Waals surface area contributed by atoms with Crippen LogP contribution >= 0.6 is 0 Å². The van der Waals surface area contributed by atoms with E-state index in [9.17, 15) is 9.59 Å². The first-order valence-electron chi connectivity index (χ1n) is 7.07. The number of nitrogens with zero attached hydrogens (tertiary/aromatic N) is 2. The van der Waals surface area contributed by atoms with E-state index in [0.717, 1.165) is 18.4 Å². The van der Waals surface area contributed by atoms with Crippen LogP contribution in [0.5, 0.6) is 0 Å². The first-order valence-corrected chi connectivity index (χ1v) is 7.07. The van der Waals surface area contributed by atoms with E-state index in [1.165, 1.54) is 0 Å². The first-order chi connectivity index (χ1) is 9.66. The number of amides is 1. The van der Waals surface area contributed by atoms with Gasteiger partial charge in [-0.05, 0) is 37.3 Å². The summed E-state index contributed by atoms with van der Waals surface area (Å²) >= 11 is 0. The minimum Gasteiger partial charge on any atom is -0.481 e. The van der Waals surface area contributed by atoms with E-state index in [1.54, 1.807) is 12.4 Å². The second-order valence-corrected chi connectivity index (χ2v) is 5.21. The maximum Gasteiger partial charge on any atom is 0.303 e. The van der Waals surface area contributed by atoms with Crippen molar-refractivity contribution in [2.24, 2.45) is 0 Å². The number of hydrogen-bond donors (Lipinski definition) is 1. The lowest BCUT2D eigenvalue weighted by atomic mass is 10.1. The van der Waals surface area contributed by atoms with Crippen LogP contribution < -0.4 is 0 Å². The molecule has 1 aliphatic rings. The standard InChI is InChI=1S/C15H20N2O3/c18-14(5-1-2-6-15(19)20)17(13-7-8-13)11-12-4-3-9-16-10-12/h3-4,9-10,13H,1-2,5-8,11H2,(H,19,20). The molecule has 0 unspecified atom stereocenters. The van der Waals surface area contributed by atoms with Crippen LogP contribution in [0.4, 0.5) is 0 Å². The Bertz CT molecular complexity index is 457. The third-order valence-electron chi connectivity index (χ3n) is 3.41. The monoisotopic (exact) mass is 276 g/mol. The number of aromatic nitrogens is 1. The summed E-state index contributed by atoms with van der Waals surface area (Å²) < 4.78 is 0. The molecule has 1 aromatic rings. The average molecular weight is 276 g/mol. The highest BCUT2D eigenvalue weighted by Crippen LogP contribution is 2.29. The summed E-state index contributed by atoms with van der Waals surface area (Å²) in [4.78, 5) is 28.6. The Morgan fingerprint density at radius 2 is 2.05 bits per heavy atom. The molecule has 0 bridgehead atoms. The molecule has 1 aromatic heterocycles. The van der Waals surface area contributed by atoms with Gasteiger partial charge in [-0.1, -0.05) is 6.07 Å². The number of hydrogen-bond acceptors (Lipinski definition) is 3. The maximum absolute atomic E-state index is 12.2. The molecular weight excluding hydrogens is 256 g/mol. The fourth-order valence-corrected chi connectivity index (χ4v) is 2.19. The Kier molecular flexibility index (Phi) is 5.09. The van der Waals surface area contributed by atoms with Gasteiger partial charge in [-0.25, -0.2) is 0 Å². The molecule has 0 aromatic carbocycles. The maximum atomic E-state index is 12.2. The molecule has 5 nitrogen and oxygen atoms in total. The number of carbonyl (C=O) groups is 2. The summed E-state index contributed by atoms with van der Waals surface area (Å²) in [6.45, 7) is 0.607. The van der Waals surface area contributed by atoms with Gasteiger partial charge in [-0.15, -0.1) is 0 Å². The average Bonchev–Trinajstić information content (AvgIpc) is 3.26. The summed E-state index contributed by atoms with van der Waals surface area (Å²) in [5, 5.41) is 8.58. The Labute approximate surface area is 118 Å². The molecular formula is C15H20N2O3. The van der Waals surface area contributed by atoms with E-state index in [-0.39, 0.29) is 12.3 Å². The van der Waals surface area contributed by atoms with E-state index in [0.29, 0.717) is 31.8 Å². The molecule has 1 N–H and O–H groups in total. The van der Waals surface area contributed by atoms with E-state index < -0.39 is 5.97 Å². The topological polar surface area (TPSA) is 70.5 Å². The van der Waals surface area contributed by atoms with Gasteiger partial charge in [0.25, 0.3) is 0 Å². The van der Waals surface area contributed by atoms with E-state index in [4.69, 9.17) is 5.11 Å². The van der Waals surface area contributed by atoms with Crippen LogP contribution in [0.2, 0.25) is 0 Å². The van der Waals surface area contributed by atoms with Crippen LogP contribution in [0.25, 0.3) is 0 Å². The molecule has 0 radical (unpaired) electrons. The molecule has 0 spiro atoms. The molecule has 1 heterocycles. The second-order valence-electron chi connectivity index (χ2n) is 5.21. The van der Waals surface area contributed by atoms with Gasteiger partial charge in [0.2, 0.25) is 5.91 Å². The van der Waals surface area contributed by atoms with Crippen molar-refractivity contribution >= 4 is 11.9 Å². The van der Waals surface area contributed by atoms with Gasteiger partial charge in [0.15, 0.2) is 0 Å². The van der Waals surface area contributed by atoms with Gasteiger partial charge in [0.1, 0.15) is 0 Å². The molecule has 1 saturated carbocycles. The van der Waals surface area contributed by atoms with Gasteiger partial charge in [0.05, 0.1) is 0 Å². The number of carboxylic acid groups (broad SMARTS) is 1. The SMILES string of the molecule is O=C(O)CCCCC(=O)N(Cc1cccnc1)C1CC1. The predicted molar refractivity (Wildman–Crippen MR) is 73.9 cm³/mol. The molecule has 0 atom stereocenters. The molecule has 5 heteroatoms. The van der Waals surface area contributed by atoms with Crippen LogP contribution in [0, 0.1) is 0 Å². The van der Waals surface area contributed by atoms with E-state index in [1.807, 2.05) is 17.0 Å². The van der Waals surface area contributed by atoms with Gasteiger partial charge in [-0.3, -0.25) is 14.6 Å². The highest BCUT2D eigenvalue weighted by atomic mass is 16.4. The molecule has 1 fully saturated rings. The van der Waals surface area contributed by atoms with Crippen LogP contribution in [0.1, 0.15) is 44.1 Å². The van der Waals surface area contributed by atoms with E-state index in [2.05, 4.69) is 4.98 Å². The quantitative estimate of drug-likeness (QED) is 0.739. The number of carboxylic acids is 1. The zero-order valence-electron chi connectivity index (χ0n) is 11.5. The summed E-state index contributed by atoms with van der Waals surface area (Å²) in [5.74, 6) is -0.673. The first kappa shape index (κ1) is 14.5. The second kappa shape index (κ2) is 7.03. The zero-order valence-corrected chi connectivity index (χ0v) is 11.5. The van der Waals surface area contributed by atoms with Crippen molar-refractivity contribution in [1.29, 1.82) is 0 Å². The lowest BCUT2D eigenvalue weighted by Crippen LogP contribution is -2.32. The van der Waals surface area contributed by atoms with Crippen molar-refractivity contribution < 1.29 is 14.7 Å². The Morgan fingerprint density at radius 1 is 1.30 bits per heavy atom. The lowest BCUT2D eigenvalue weighted by molar-refractivity contribution is -0.137. The van der Waals surface area contributed by atoms with Crippen LogP contribution in [0.3, 0.4) is 0 Å². The molecule has 108 valence electrons. The number of carbonyl (C=O) groups excluding carboxylic acids is 1. The number of aliphatic carboxylic acids is 1. The Hall–Kier alpha value is -1.91. The molecule has 2 rings (SSSR count). The van der Waals surface area contributed by atoms with Gasteiger partial charge in [-0.2, -0.15) is 0 Å². The molecule has 0 aliphatic heterocycles. The number of unbranched alkanes of at least 4 members (excludes halogenated alkanes) is 1. The van der Waals surface area contributed by atoms with Crippen molar-refractivity contribution in [3.05, 3.63) is 30.1 Å². The zero-order chi connectivity index (χ0) is 14.4. The minimum absolute atomic E-state index is 0.127. The van der Waals surface area contributed by atoms with Crippen molar-refractivity contribution in [3.63, 3.8) is 0 Å². The summed E-state index contributed by atoms with van der Waals surface area (Å²) in [6, 6.07) is 4.21. The van der Waals surface area contributed by atoms with Gasteiger partial charge in [0, 0.05) is 37.8 Å². The Morgan fingerprint density at radius 3 is 2.65 bits per heavy atom. The van der Waals surface area contributed by atoms with Crippen molar-refractivity contribution in [3.8, 4) is 0 Å².